The molecule has 31 heavy (non-hydrogen) atoms. The maximum atomic E-state index is 12.7. The maximum Gasteiger partial charge on any atom is 0.344 e. The van der Waals surface area contributed by atoms with Gasteiger partial charge in [0.2, 0.25) is 0 Å². The van der Waals surface area contributed by atoms with Crippen LogP contribution in [0.4, 0.5) is 5.69 Å². The number of rotatable bonds is 6. The molecule has 4 heteroatoms. The second-order valence-electron chi connectivity index (χ2n) is 7.35. The SMILES string of the molecule is CCN(CC)c1ccc2cc(-c3ccc(/C=C/c4ccc(Cl)cc4)cc3)c(=O)oc2c1. The summed E-state index contributed by atoms with van der Waals surface area (Å²) < 4.78 is 5.67. The smallest absolute Gasteiger partial charge is 0.344 e. The molecule has 0 saturated heterocycles. The Morgan fingerprint density at radius 1 is 0.839 bits per heavy atom. The van der Waals surface area contributed by atoms with Crippen molar-refractivity contribution in [3.05, 3.63) is 99.4 Å². The third-order valence-corrected chi connectivity index (χ3v) is 5.66. The zero-order valence-corrected chi connectivity index (χ0v) is 18.4. The van der Waals surface area contributed by atoms with Crippen LogP contribution < -0.4 is 10.5 Å². The second kappa shape index (κ2) is 9.23. The van der Waals surface area contributed by atoms with E-state index in [1.165, 1.54) is 0 Å². The average Bonchev–Trinajstić information content (AvgIpc) is 2.79. The highest BCUT2D eigenvalue weighted by Gasteiger charge is 2.10. The summed E-state index contributed by atoms with van der Waals surface area (Å²) in [5.41, 5.74) is 4.88. The topological polar surface area (TPSA) is 33.5 Å². The van der Waals surface area contributed by atoms with Crippen LogP contribution >= 0.6 is 11.6 Å². The Bertz CT molecular complexity index is 1270. The van der Waals surface area contributed by atoms with E-state index < -0.39 is 0 Å². The fourth-order valence-electron chi connectivity index (χ4n) is 3.63. The summed E-state index contributed by atoms with van der Waals surface area (Å²) in [4.78, 5) is 14.9. The number of nitrogens with zero attached hydrogens (tertiary/aromatic N) is 1. The van der Waals surface area contributed by atoms with Crippen molar-refractivity contribution >= 4 is 40.4 Å². The van der Waals surface area contributed by atoms with Crippen LogP contribution in [-0.2, 0) is 0 Å². The molecule has 4 rings (SSSR count). The van der Waals surface area contributed by atoms with Gasteiger partial charge in [0.25, 0.3) is 0 Å². The molecule has 0 spiro atoms. The Kier molecular flexibility index (Phi) is 6.24. The first-order valence-corrected chi connectivity index (χ1v) is 10.8. The molecular formula is C27H24ClNO2. The van der Waals surface area contributed by atoms with Gasteiger partial charge in [0.15, 0.2) is 0 Å². The summed E-state index contributed by atoms with van der Waals surface area (Å²) in [5.74, 6) is 0. The molecule has 0 aliphatic heterocycles. The number of hydrogen-bond donors (Lipinski definition) is 0. The normalized spacial score (nSPS) is 11.3. The van der Waals surface area contributed by atoms with E-state index in [1.807, 2.05) is 78.9 Å². The lowest BCUT2D eigenvalue weighted by Crippen LogP contribution is -2.21. The molecule has 0 amide bonds. The van der Waals surface area contributed by atoms with Crippen LogP contribution in [0.3, 0.4) is 0 Å². The molecule has 0 saturated carbocycles. The van der Waals surface area contributed by atoms with Crippen molar-refractivity contribution in [1.82, 2.24) is 0 Å². The fraction of sp³-hybridized carbons (Fsp3) is 0.148. The summed E-state index contributed by atoms with van der Waals surface area (Å²) in [6.07, 6.45) is 4.06. The Morgan fingerprint density at radius 2 is 1.45 bits per heavy atom. The molecule has 0 aliphatic rings. The lowest BCUT2D eigenvalue weighted by molar-refractivity contribution is 0.563. The summed E-state index contributed by atoms with van der Waals surface area (Å²) in [5, 5.41) is 1.64. The zero-order valence-electron chi connectivity index (χ0n) is 17.6. The van der Waals surface area contributed by atoms with Crippen LogP contribution in [0.1, 0.15) is 25.0 Å². The van der Waals surface area contributed by atoms with E-state index in [0.717, 1.165) is 45.9 Å². The summed E-state index contributed by atoms with van der Waals surface area (Å²) in [6.45, 7) is 6.04. The minimum atomic E-state index is -0.325. The molecule has 3 aromatic carbocycles. The minimum absolute atomic E-state index is 0.325. The standard InChI is InChI=1S/C27H24ClNO2/c1-3-29(4-2)24-16-13-22-17-25(27(30)31-26(22)18-24)21-11-7-19(8-12-21)5-6-20-9-14-23(28)15-10-20/h5-18H,3-4H2,1-2H3/b6-5+. The first kappa shape index (κ1) is 21.0. The van der Waals surface area contributed by atoms with Crippen molar-refractivity contribution in [2.24, 2.45) is 0 Å². The Hall–Kier alpha value is -3.30. The molecule has 1 aromatic heterocycles. The van der Waals surface area contributed by atoms with Crippen LogP contribution in [0.15, 0.2) is 82.0 Å². The Morgan fingerprint density at radius 3 is 2.06 bits per heavy atom. The Labute approximate surface area is 187 Å². The van der Waals surface area contributed by atoms with Crippen molar-refractivity contribution in [1.29, 1.82) is 0 Å². The zero-order chi connectivity index (χ0) is 21.8. The predicted octanol–water partition coefficient (Wildman–Crippen LogP) is 7.13. The first-order chi connectivity index (χ1) is 15.1. The van der Waals surface area contributed by atoms with Gasteiger partial charge in [0.1, 0.15) is 5.58 Å². The molecule has 0 radical (unpaired) electrons. The van der Waals surface area contributed by atoms with E-state index in [4.69, 9.17) is 16.0 Å². The van der Waals surface area contributed by atoms with E-state index >= 15 is 0 Å². The molecule has 1 heterocycles. The van der Waals surface area contributed by atoms with Crippen LogP contribution in [0.5, 0.6) is 0 Å². The largest absolute Gasteiger partial charge is 0.422 e. The van der Waals surface area contributed by atoms with Gasteiger partial charge in [-0.3, -0.25) is 0 Å². The van der Waals surface area contributed by atoms with E-state index in [0.29, 0.717) is 11.1 Å². The van der Waals surface area contributed by atoms with Gasteiger partial charge in [-0.1, -0.05) is 60.2 Å². The van der Waals surface area contributed by atoms with E-state index in [9.17, 15) is 4.79 Å². The first-order valence-electron chi connectivity index (χ1n) is 10.4. The molecule has 3 nitrogen and oxygen atoms in total. The van der Waals surface area contributed by atoms with E-state index in [-0.39, 0.29) is 5.63 Å². The van der Waals surface area contributed by atoms with E-state index in [1.54, 1.807) is 0 Å². The molecule has 0 atom stereocenters. The molecule has 0 N–H and O–H groups in total. The molecular weight excluding hydrogens is 406 g/mol. The number of anilines is 1. The van der Waals surface area contributed by atoms with Crippen LogP contribution in [0, 0.1) is 0 Å². The van der Waals surface area contributed by atoms with Crippen LogP contribution in [0.2, 0.25) is 5.02 Å². The highest BCUT2D eigenvalue weighted by molar-refractivity contribution is 6.30. The quantitative estimate of drug-likeness (QED) is 0.241. The predicted molar refractivity (Wildman–Crippen MR) is 132 cm³/mol. The summed E-state index contributed by atoms with van der Waals surface area (Å²) in [7, 11) is 0. The van der Waals surface area contributed by atoms with Crippen LogP contribution in [0.25, 0.3) is 34.2 Å². The van der Waals surface area contributed by atoms with Crippen LogP contribution in [-0.4, -0.2) is 13.1 Å². The minimum Gasteiger partial charge on any atom is -0.422 e. The highest BCUT2D eigenvalue weighted by Crippen LogP contribution is 2.25. The van der Waals surface area contributed by atoms with Crippen molar-refractivity contribution in [2.75, 3.05) is 18.0 Å². The van der Waals surface area contributed by atoms with Gasteiger partial charge in [0, 0.05) is 35.3 Å². The summed E-state index contributed by atoms with van der Waals surface area (Å²) >= 11 is 5.93. The lowest BCUT2D eigenvalue weighted by atomic mass is 10.0. The second-order valence-corrected chi connectivity index (χ2v) is 7.79. The molecule has 0 aliphatic carbocycles. The number of hydrogen-bond acceptors (Lipinski definition) is 3. The van der Waals surface area contributed by atoms with Gasteiger partial charge in [-0.2, -0.15) is 0 Å². The monoisotopic (exact) mass is 429 g/mol. The van der Waals surface area contributed by atoms with Gasteiger partial charge in [0.05, 0.1) is 5.56 Å². The third kappa shape index (κ3) is 4.73. The summed E-state index contributed by atoms with van der Waals surface area (Å²) in [6, 6.07) is 23.5. The highest BCUT2D eigenvalue weighted by atomic mass is 35.5. The van der Waals surface area contributed by atoms with Gasteiger partial charge in [-0.05, 0) is 60.9 Å². The lowest BCUT2D eigenvalue weighted by Gasteiger charge is -2.21. The van der Waals surface area contributed by atoms with Gasteiger partial charge >= 0.3 is 5.63 Å². The van der Waals surface area contributed by atoms with Crippen molar-refractivity contribution < 1.29 is 4.42 Å². The molecule has 0 bridgehead atoms. The molecule has 0 fully saturated rings. The van der Waals surface area contributed by atoms with Gasteiger partial charge in [-0.15, -0.1) is 0 Å². The molecule has 4 aromatic rings. The number of benzene rings is 3. The van der Waals surface area contributed by atoms with Gasteiger partial charge in [-0.25, -0.2) is 4.79 Å². The average molecular weight is 430 g/mol. The fourth-order valence-corrected chi connectivity index (χ4v) is 3.75. The number of halogens is 1. The Balaban J connectivity index is 1.60. The van der Waals surface area contributed by atoms with Crippen molar-refractivity contribution in [2.45, 2.75) is 13.8 Å². The maximum absolute atomic E-state index is 12.7. The number of fused-ring (bicyclic) bond motifs is 1. The molecule has 0 unspecified atom stereocenters. The molecule has 156 valence electrons. The van der Waals surface area contributed by atoms with Gasteiger partial charge < -0.3 is 9.32 Å². The van der Waals surface area contributed by atoms with Crippen molar-refractivity contribution in [3.63, 3.8) is 0 Å². The van der Waals surface area contributed by atoms with Crippen molar-refractivity contribution in [3.8, 4) is 11.1 Å². The van der Waals surface area contributed by atoms with E-state index in [2.05, 4.69) is 24.8 Å². The third-order valence-electron chi connectivity index (χ3n) is 5.41.